The molecule has 0 N–H and O–H groups in total. The summed E-state index contributed by atoms with van der Waals surface area (Å²) in [6.45, 7) is 3.68. The molecule has 0 fully saturated rings. The van der Waals surface area contributed by atoms with E-state index in [0.29, 0.717) is 17.5 Å². The van der Waals surface area contributed by atoms with Crippen LogP contribution in [0.3, 0.4) is 0 Å². The first-order valence-corrected chi connectivity index (χ1v) is 9.48. The van der Waals surface area contributed by atoms with Gasteiger partial charge in [-0.1, -0.05) is 19.1 Å². The zero-order chi connectivity index (χ0) is 21.4. The highest BCUT2D eigenvalue weighted by Crippen LogP contribution is 2.34. The molecule has 1 aliphatic carbocycles. The van der Waals surface area contributed by atoms with Crippen molar-refractivity contribution < 1.29 is 27.5 Å². The summed E-state index contributed by atoms with van der Waals surface area (Å²) >= 11 is 0. The Hall–Kier alpha value is -2.85. The summed E-state index contributed by atoms with van der Waals surface area (Å²) in [7, 11) is 0. The summed E-state index contributed by atoms with van der Waals surface area (Å²) in [5, 5.41) is 0. The molecular weight excluding hydrogens is 381 g/mol. The second-order valence-corrected chi connectivity index (χ2v) is 6.87. The van der Waals surface area contributed by atoms with Crippen molar-refractivity contribution >= 4 is 11.7 Å². The summed E-state index contributed by atoms with van der Waals surface area (Å²) in [5.41, 5.74) is 4.04. The van der Waals surface area contributed by atoms with Crippen LogP contribution in [-0.2, 0) is 16.0 Å². The average molecular weight is 404 g/mol. The van der Waals surface area contributed by atoms with Gasteiger partial charge in [0.05, 0.1) is 0 Å². The molecular formula is C23H23F3O3. The van der Waals surface area contributed by atoms with Gasteiger partial charge in [-0.15, -0.1) is 0 Å². The van der Waals surface area contributed by atoms with E-state index in [0.717, 1.165) is 42.4 Å². The molecule has 0 atom stereocenters. The maximum atomic E-state index is 14.1. The number of aryl methyl sites for hydroxylation is 2. The molecule has 0 amide bonds. The zero-order valence-electron chi connectivity index (χ0n) is 16.5. The SMILES string of the molecule is CCc1cc(F)c(OCC2=C(c3ccc(C)c(F)c3)CCCC2)c(F)c1.O=C=O. The van der Waals surface area contributed by atoms with Crippen molar-refractivity contribution in [3.8, 4) is 5.75 Å². The van der Waals surface area contributed by atoms with Gasteiger partial charge in [0.15, 0.2) is 17.4 Å². The fourth-order valence-corrected chi connectivity index (χ4v) is 3.37. The minimum atomic E-state index is -0.679. The molecule has 2 aromatic carbocycles. The summed E-state index contributed by atoms with van der Waals surface area (Å²) < 4.78 is 47.7. The Labute approximate surface area is 168 Å². The van der Waals surface area contributed by atoms with Crippen molar-refractivity contribution in [2.45, 2.75) is 46.0 Å². The topological polar surface area (TPSA) is 43.4 Å². The highest BCUT2D eigenvalue weighted by Gasteiger charge is 2.18. The molecule has 0 spiro atoms. The standard InChI is InChI=1S/C22H23F3O.CO2/c1-3-15-10-20(24)22(21(25)11-15)26-13-17-6-4-5-7-18(17)16-9-8-14(2)19(23)12-16;2-1-3/h8-12H,3-7,13H2,1-2H3;. The molecule has 0 aliphatic heterocycles. The molecule has 6 heteroatoms. The first-order valence-electron chi connectivity index (χ1n) is 9.48. The Kier molecular flexibility index (Phi) is 8.22. The second kappa shape index (κ2) is 10.6. The van der Waals surface area contributed by atoms with E-state index >= 15 is 0 Å². The molecule has 0 bridgehead atoms. The highest BCUT2D eigenvalue weighted by atomic mass is 19.1. The van der Waals surface area contributed by atoms with Crippen LogP contribution in [0.1, 0.15) is 49.3 Å². The van der Waals surface area contributed by atoms with E-state index in [-0.39, 0.29) is 24.3 Å². The first kappa shape index (κ1) is 22.4. The number of rotatable bonds is 5. The number of benzene rings is 2. The summed E-state index contributed by atoms with van der Waals surface area (Å²) in [6, 6.07) is 7.81. The number of halogens is 3. The van der Waals surface area contributed by atoms with Crippen LogP contribution in [0.15, 0.2) is 35.9 Å². The minimum absolute atomic E-state index is 0.115. The van der Waals surface area contributed by atoms with E-state index in [2.05, 4.69) is 0 Å². The van der Waals surface area contributed by atoms with Crippen molar-refractivity contribution in [1.29, 1.82) is 0 Å². The molecule has 2 aromatic rings. The second-order valence-electron chi connectivity index (χ2n) is 6.87. The lowest BCUT2D eigenvalue weighted by Gasteiger charge is -2.22. The van der Waals surface area contributed by atoms with E-state index in [9.17, 15) is 13.2 Å². The molecule has 0 unspecified atom stereocenters. The van der Waals surface area contributed by atoms with Crippen LogP contribution in [0.25, 0.3) is 5.57 Å². The van der Waals surface area contributed by atoms with Gasteiger partial charge < -0.3 is 4.74 Å². The van der Waals surface area contributed by atoms with E-state index in [1.165, 1.54) is 18.2 Å². The highest BCUT2D eigenvalue weighted by molar-refractivity contribution is 5.70. The van der Waals surface area contributed by atoms with Crippen molar-refractivity contribution in [2.24, 2.45) is 0 Å². The van der Waals surface area contributed by atoms with E-state index in [1.54, 1.807) is 13.0 Å². The average Bonchev–Trinajstić information content (AvgIpc) is 2.70. The van der Waals surface area contributed by atoms with E-state index in [1.807, 2.05) is 13.0 Å². The van der Waals surface area contributed by atoms with Gasteiger partial charge in [-0.05, 0) is 85.1 Å². The smallest absolute Gasteiger partial charge is 0.373 e. The predicted molar refractivity (Wildman–Crippen MR) is 103 cm³/mol. The molecule has 3 nitrogen and oxygen atoms in total. The van der Waals surface area contributed by atoms with Gasteiger partial charge in [-0.2, -0.15) is 9.59 Å². The number of hydrogen-bond acceptors (Lipinski definition) is 3. The van der Waals surface area contributed by atoms with Gasteiger partial charge in [0.2, 0.25) is 0 Å². The molecule has 0 saturated carbocycles. The monoisotopic (exact) mass is 404 g/mol. The molecule has 0 saturated heterocycles. The third-order valence-electron chi connectivity index (χ3n) is 4.96. The number of ether oxygens (including phenoxy) is 1. The predicted octanol–water partition coefficient (Wildman–Crippen LogP) is 5.80. The maximum Gasteiger partial charge on any atom is 0.373 e. The fraction of sp³-hybridized carbons (Fsp3) is 0.348. The molecule has 154 valence electrons. The lowest BCUT2D eigenvalue weighted by atomic mass is 9.87. The van der Waals surface area contributed by atoms with Crippen molar-refractivity contribution in [2.75, 3.05) is 6.61 Å². The van der Waals surface area contributed by atoms with Crippen LogP contribution in [0.4, 0.5) is 13.2 Å². The number of carbonyl (C=O) groups excluding carboxylic acids is 2. The van der Waals surface area contributed by atoms with Crippen molar-refractivity contribution in [3.63, 3.8) is 0 Å². The largest absolute Gasteiger partial charge is 0.483 e. The fourth-order valence-electron chi connectivity index (χ4n) is 3.37. The van der Waals surface area contributed by atoms with Gasteiger partial charge in [0.25, 0.3) is 0 Å². The molecule has 1 aliphatic rings. The van der Waals surface area contributed by atoms with Crippen molar-refractivity contribution in [1.82, 2.24) is 0 Å². The lowest BCUT2D eigenvalue weighted by molar-refractivity contribution is -0.191. The zero-order valence-corrected chi connectivity index (χ0v) is 16.5. The van der Waals surface area contributed by atoms with E-state index < -0.39 is 11.6 Å². The Bertz CT molecular complexity index is 906. The van der Waals surface area contributed by atoms with Crippen LogP contribution in [0.2, 0.25) is 0 Å². The quantitative estimate of drug-likeness (QED) is 0.633. The van der Waals surface area contributed by atoms with Crippen LogP contribution >= 0.6 is 0 Å². The third-order valence-corrected chi connectivity index (χ3v) is 4.96. The Morgan fingerprint density at radius 3 is 2.17 bits per heavy atom. The Morgan fingerprint density at radius 1 is 0.966 bits per heavy atom. The number of hydrogen-bond donors (Lipinski definition) is 0. The molecule has 0 radical (unpaired) electrons. The molecule has 3 rings (SSSR count). The first-order chi connectivity index (χ1) is 13.9. The Balaban J connectivity index is 0.000000941. The lowest BCUT2D eigenvalue weighted by Crippen LogP contribution is -2.10. The van der Waals surface area contributed by atoms with Crippen molar-refractivity contribution in [3.05, 3.63) is 70.0 Å². The minimum Gasteiger partial charge on any atom is -0.483 e. The summed E-state index contributed by atoms with van der Waals surface area (Å²) in [6.07, 6.45) is 4.43. The van der Waals surface area contributed by atoms with Crippen LogP contribution in [0, 0.1) is 24.4 Å². The molecule has 0 aromatic heterocycles. The normalized spacial score (nSPS) is 13.4. The van der Waals surface area contributed by atoms with Crippen LogP contribution in [0.5, 0.6) is 5.75 Å². The molecule has 0 heterocycles. The Morgan fingerprint density at radius 2 is 1.59 bits per heavy atom. The van der Waals surface area contributed by atoms with Crippen LogP contribution in [-0.4, -0.2) is 12.8 Å². The van der Waals surface area contributed by atoms with Crippen LogP contribution < -0.4 is 4.74 Å². The summed E-state index contributed by atoms with van der Waals surface area (Å²) in [5.74, 6) is -1.94. The van der Waals surface area contributed by atoms with Gasteiger partial charge >= 0.3 is 6.15 Å². The molecule has 29 heavy (non-hydrogen) atoms. The van der Waals surface area contributed by atoms with Gasteiger partial charge in [0, 0.05) is 0 Å². The third kappa shape index (κ3) is 5.81. The van der Waals surface area contributed by atoms with Gasteiger partial charge in [-0.3, -0.25) is 0 Å². The van der Waals surface area contributed by atoms with E-state index in [4.69, 9.17) is 14.3 Å². The van der Waals surface area contributed by atoms with Gasteiger partial charge in [0.1, 0.15) is 12.4 Å². The number of allylic oxidation sites excluding steroid dienone is 1. The van der Waals surface area contributed by atoms with Gasteiger partial charge in [-0.25, -0.2) is 13.2 Å². The maximum absolute atomic E-state index is 14.1. The summed E-state index contributed by atoms with van der Waals surface area (Å²) in [4.78, 5) is 16.2.